The van der Waals surface area contributed by atoms with Crippen molar-refractivity contribution in [2.45, 2.75) is 20.0 Å². The zero-order valence-electron chi connectivity index (χ0n) is 11.3. The number of para-hydroxylation sites is 2. The molecule has 1 aromatic heterocycles. The molecule has 5 heteroatoms. The van der Waals surface area contributed by atoms with Crippen LogP contribution in [0, 0.1) is 0 Å². The van der Waals surface area contributed by atoms with Gasteiger partial charge in [0, 0.05) is 7.05 Å². The highest BCUT2D eigenvalue weighted by Gasteiger charge is 2.13. The number of ether oxygens (including phenoxy) is 1. The molecule has 1 heterocycles. The van der Waals surface area contributed by atoms with Crippen LogP contribution >= 0.6 is 0 Å². The summed E-state index contributed by atoms with van der Waals surface area (Å²) in [5.41, 5.74) is 1.15. The molecule has 0 saturated heterocycles. The minimum atomic E-state index is -0.209. The maximum Gasteiger partial charge on any atom is 0.274 e. The van der Waals surface area contributed by atoms with Crippen LogP contribution in [0.15, 0.2) is 36.8 Å². The smallest absolute Gasteiger partial charge is 0.274 e. The van der Waals surface area contributed by atoms with Gasteiger partial charge in [-0.15, -0.1) is 0 Å². The minimum Gasteiger partial charge on any atom is -0.489 e. The molecule has 1 amide bonds. The lowest BCUT2D eigenvalue weighted by atomic mass is 10.2. The number of benzene rings is 1. The Balaban J connectivity index is 2.19. The predicted octanol–water partition coefficient (Wildman–Crippen LogP) is 2.46. The molecular weight excluding hydrogens is 242 g/mol. The number of imidazole rings is 1. The lowest BCUT2D eigenvalue weighted by molar-refractivity contribution is 0.101. The molecule has 2 aromatic rings. The third-order valence-electron chi connectivity index (χ3n) is 2.55. The molecule has 0 fully saturated rings. The van der Waals surface area contributed by atoms with Gasteiger partial charge in [-0.3, -0.25) is 4.79 Å². The second-order valence-electron chi connectivity index (χ2n) is 4.51. The van der Waals surface area contributed by atoms with Gasteiger partial charge in [-0.2, -0.15) is 0 Å². The normalized spacial score (nSPS) is 10.5. The SMILES string of the molecule is CC(C)Oc1ccccc1NC(=O)c1cncn1C. The highest BCUT2D eigenvalue weighted by Crippen LogP contribution is 2.25. The molecule has 19 heavy (non-hydrogen) atoms. The number of nitrogens with one attached hydrogen (secondary N) is 1. The summed E-state index contributed by atoms with van der Waals surface area (Å²) in [4.78, 5) is 16.0. The molecule has 0 radical (unpaired) electrons. The molecule has 0 aliphatic heterocycles. The van der Waals surface area contributed by atoms with Gasteiger partial charge in [0.15, 0.2) is 0 Å². The standard InChI is InChI=1S/C14H17N3O2/c1-10(2)19-13-7-5-4-6-11(13)16-14(18)12-8-15-9-17(12)3/h4-10H,1-3H3,(H,16,18). The van der Waals surface area contributed by atoms with E-state index in [-0.39, 0.29) is 12.0 Å². The number of hydrogen-bond acceptors (Lipinski definition) is 3. The van der Waals surface area contributed by atoms with Gasteiger partial charge in [0.1, 0.15) is 11.4 Å². The Kier molecular flexibility index (Phi) is 3.85. The first-order valence-electron chi connectivity index (χ1n) is 6.11. The van der Waals surface area contributed by atoms with Crippen molar-refractivity contribution in [2.75, 3.05) is 5.32 Å². The van der Waals surface area contributed by atoms with E-state index in [0.29, 0.717) is 17.1 Å². The topological polar surface area (TPSA) is 56.1 Å². The molecule has 0 saturated carbocycles. The average Bonchev–Trinajstić information content (AvgIpc) is 2.77. The Morgan fingerprint density at radius 1 is 1.37 bits per heavy atom. The largest absolute Gasteiger partial charge is 0.489 e. The van der Waals surface area contributed by atoms with E-state index in [1.807, 2.05) is 38.1 Å². The number of rotatable bonds is 4. The van der Waals surface area contributed by atoms with Crippen LogP contribution in [0.25, 0.3) is 0 Å². The number of anilines is 1. The van der Waals surface area contributed by atoms with Gasteiger partial charge < -0.3 is 14.6 Å². The van der Waals surface area contributed by atoms with Gasteiger partial charge >= 0.3 is 0 Å². The number of aromatic nitrogens is 2. The quantitative estimate of drug-likeness (QED) is 0.917. The predicted molar refractivity (Wildman–Crippen MR) is 73.4 cm³/mol. The van der Waals surface area contributed by atoms with Crippen LogP contribution in [0.5, 0.6) is 5.75 Å². The molecule has 0 atom stereocenters. The van der Waals surface area contributed by atoms with Gasteiger partial charge in [-0.1, -0.05) is 12.1 Å². The van der Waals surface area contributed by atoms with Crippen LogP contribution in [-0.4, -0.2) is 21.6 Å². The summed E-state index contributed by atoms with van der Waals surface area (Å²) in [7, 11) is 1.78. The lowest BCUT2D eigenvalue weighted by Crippen LogP contribution is -2.16. The molecule has 0 aliphatic carbocycles. The van der Waals surface area contributed by atoms with Crippen molar-refractivity contribution in [3.8, 4) is 5.75 Å². The number of amides is 1. The van der Waals surface area contributed by atoms with E-state index in [1.54, 1.807) is 17.9 Å². The van der Waals surface area contributed by atoms with Gasteiger partial charge in [0.05, 0.1) is 24.3 Å². The number of carbonyl (C=O) groups is 1. The van der Waals surface area contributed by atoms with Gasteiger partial charge in [-0.25, -0.2) is 4.98 Å². The van der Waals surface area contributed by atoms with Crippen molar-refractivity contribution in [3.63, 3.8) is 0 Å². The molecule has 0 bridgehead atoms. The molecule has 5 nitrogen and oxygen atoms in total. The highest BCUT2D eigenvalue weighted by atomic mass is 16.5. The molecule has 1 N–H and O–H groups in total. The molecule has 0 unspecified atom stereocenters. The molecule has 2 rings (SSSR count). The Bertz CT molecular complexity index is 576. The Morgan fingerprint density at radius 3 is 2.74 bits per heavy atom. The fourth-order valence-corrected chi connectivity index (χ4v) is 1.69. The number of hydrogen-bond donors (Lipinski definition) is 1. The Morgan fingerprint density at radius 2 is 2.11 bits per heavy atom. The fraction of sp³-hybridized carbons (Fsp3) is 0.286. The van der Waals surface area contributed by atoms with E-state index >= 15 is 0 Å². The van der Waals surface area contributed by atoms with Gasteiger partial charge in [0.2, 0.25) is 0 Å². The molecule has 100 valence electrons. The van der Waals surface area contributed by atoms with E-state index in [2.05, 4.69) is 10.3 Å². The first kappa shape index (κ1) is 13.1. The lowest BCUT2D eigenvalue weighted by Gasteiger charge is -2.14. The monoisotopic (exact) mass is 259 g/mol. The van der Waals surface area contributed by atoms with E-state index in [4.69, 9.17) is 4.74 Å². The maximum absolute atomic E-state index is 12.1. The maximum atomic E-state index is 12.1. The third kappa shape index (κ3) is 3.13. The molecule has 0 aliphatic rings. The summed E-state index contributed by atoms with van der Waals surface area (Å²) >= 11 is 0. The van der Waals surface area contributed by atoms with Crippen LogP contribution in [0.2, 0.25) is 0 Å². The van der Waals surface area contributed by atoms with E-state index < -0.39 is 0 Å². The second-order valence-corrected chi connectivity index (χ2v) is 4.51. The van der Waals surface area contributed by atoms with Gasteiger partial charge in [0.25, 0.3) is 5.91 Å². The first-order valence-corrected chi connectivity index (χ1v) is 6.11. The minimum absolute atomic E-state index is 0.0507. The summed E-state index contributed by atoms with van der Waals surface area (Å²) < 4.78 is 7.32. The van der Waals surface area contributed by atoms with Gasteiger partial charge in [-0.05, 0) is 26.0 Å². The second kappa shape index (κ2) is 5.56. The fourth-order valence-electron chi connectivity index (χ4n) is 1.69. The third-order valence-corrected chi connectivity index (χ3v) is 2.55. The first-order chi connectivity index (χ1) is 9.08. The summed E-state index contributed by atoms with van der Waals surface area (Å²) in [6.07, 6.45) is 3.17. The van der Waals surface area contributed by atoms with Crippen LogP contribution < -0.4 is 10.1 Å². The van der Waals surface area contributed by atoms with Crippen molar-refractivity contribution < 1.29 is 9.53 Å². The molecule has 0 spiro atoms. The highest BCUT2D eigenvalue weighted by molar-refractivity contribution is 6.03. The number of carbonyl (C=O) groups excluding carboxylic acids is 1. The van der Waals surface area contributed by atoms with Crippen LogP contribution in [0.3, 0.4) is 0 Å². The number of nitrogens with zero attached hydrogens (tertiary/aromatic N) is 2. The summed E-state index contributed by atoms with van der Waals surface area (Å²) in [5.74, 6) is 0.452. The van der Waals surface area contributed by atoms with Crippen LogP contribution in [0.1, 0.15) is 24.3 Å². The number of aryl methyl sites for hydroxylation is 1. The van der Waals surface area contributed by atoms with Crippen molar-refractivity contribution in [1.82, 2.24) is 9.55 Å². The van der Waals surface area contributed by atoms with Crippen molar-refractivity contribution in [1.29, 1.82) is 0 Å². The summed E-state index contributed by atoms with van der Waals surface area (Å²) in [5, 5.41) is 2.83. The average molecular weight is 259 g/mol. The summed E-state index contributed by atoms with van der Waals surface area (Å²) in [6, 6.07) is 7.37. The van der Waals surface area contributed by atoms with E-state index in [1.165, 1.54) is 6.20 Å². The zero-order chi connectivity index (χ0) is 13.8. The zero-order valence-corrected chi connectivity index (χ0v) is 11.3. The van der Waals surface area contributed by atoms with Crippen molar-refractivity contribution in [2.24, 2.45) is 7.05 Å². The van der Waals surface area contributed by atoms with Crippen LogP contribution in [0.4, 0.5) is 5.69 Å². The van der Waals surface area contributed by atoms with E-state index in [0.717, 1.165) is 0 Å². The Hall–Kier alpha value is -2.30. The van der Waals surface area contributed by atoms with E-state index in [9.17, 15) is 4.79 Å². The molecule has 1 aromatic carbocycles. The van der Waals surface area contributed by atoms with Crippen molar-refractivity contribution in [3.05, 3.63) is 42.5 Å². The Labute approximate surface area is 112 Å². The summed E-state index contributed by atoms with van der Waals surface area (Å²) in [6.45, 7) is 3.89. The molecular formula is C14H17N3O2. The van der Waals surface area contributed by atoms with Crippen LogP contribution in [-0.2, 0) is 7.05 Å². The van der Waals surface area contributed by atoms with Crippen molar-refractivity contribution >= 4 is 11.6 Å².